The number of aromatic nitrogens is 3. The van der Waals surface area contributed by atoms with Crippen LogP contribution in [0.4, 0.5) is 4.39 Å². The number of benzene rings is 1. The van der Waals surface area contributed by atoms with Crippen molar-refractivity contribution in [1.82, 2.24) is 14.6 Å². The van der Waals surface area contributed by atoms with Gasteiger partial charge in [0.2, 0.25) is 0 Å². The van der Waals surface area contributed by atoms with Gasteiger partial charge in [-0.1, -0.05) is 0 Å². The van der Waals surface area contributed by atoms with Crippen LogP contribution in [0.2, 0.25) is 0 Å². The number of nitrogens with two attached hydrogens (primary N) is 1. The van der Waals surface area contributed by atoms with E-state index >= 15 is 0 Å². The molecule has 0 fully saturated rings. The van der Waals surface area contributed by atoms with Gasteiger partial charge < -0.3 is 5.73 Å². The molecule has 3 aromatic rings. The third-order valence-corrected chi connectivity index (χ3v) is 2.58. The Morgan fingerprint density at radius 3 is 2.88 bits per heavy atom. The summed E-state index contributed by atoms with van der Waals surface area (Å²) in [6, 6.07) is 8.23. The number of nitrogens with zero attached hydrogens (tertiary/aromatic N) is 3. The van der Waals surface area contributed by atoms with E-state index in [9.17, 15) is 4.39 Å². The van der Waals surface area contributed by atoms with Crippen molar-refractivity contribution in [3.63, 3.8) is 0 Å². The van der Waals surface area contributed by atoms with Crippen LogP contribution < -0.4 is 5.73 Å². The number of hydrogen-bond donors (Lipinski definition) is 1. The lowest BCUT2D eigenvalue weighted by molar-refractivity contribution is 0.629. The monoisotopic (exact) mass is 216 g/mol. The summed E-state index contributed by atoms with van der Waals surface area (Å²) in [7, 11) is 0. The Labute approximate surface area is 90.5 Å². The van der Waals surface area contributed by atoms with Crippen molar-refractivity contribution in [1.29, 1.82) is 0 Å². The number of hydrogen-bond acceptors (Lipinski definition) is 3. The molecule has 16 heavy (non-hydrogen) atoms. The van der Waals surface area contributed by atoms with Crippen LogP contribution in [0.15, 0.2) is 30.3 Å². The summed E-state index contributed by atoms with van der Waals surface area (Å²) < 4.78 is 14.9. The largest absolute Gasteiger partial charge is 0.324 e. The molecule has 0 atom stereocenters. The van der Waals surface area contributed by atoms with Crippen molar-refractivity contribution in [2.45, 2.75) is 6.54 Å². The van der Waals surface area contributed by atoms with E-state index in [4.69, 9.17) is 5.73 Å². The lowest BCUT2D eigenvalue weighted by atomic mass is 10.2. The molecule has 5 heteroatoms. The Hall–Kier alpha value is -2.01. The van der Waals surface area contributed by atoms with Crippen LogP contribution in [0.25, 0.3) is 16.6 Å². The van der Waals surface area contributed by atoms with Crippen LogP contribution in [-0.4, -0.2) is 14.6 Å². The minimum Gasteiger partial charge on any atom is -0.324 e. The third-order valence-electron chi connectivity index (χ3n) is 2.58. The number of rotatable bonds is 1. The first-order valence-electron chi connectivity index (χ1n) is 4.92. The molecule has 0 unspecified atom stereocenters. The van der Waals surface area contributed by atoms with Crippen molar-refractivity contribution in [2.75, 3.05) is 0 Å². The SMILES string of the molecule is NCc1nnc2ccc3cc(F)ccc3n12. The van der Waals surface area contributed by atoms with Crippen molar-refractivity contribution < 1.29 is 4.39 Å². The second-order valence-electron chi connectivity index (χ2n) is 3.55. The predicted molar refractivity (Wildman–Crippen MR) is 58.3 cm³/mol. The highest BCUT2D eigenvalue weighted by Gasteiger charge is 2.07. The van der Waals surface area contributed by atoms with Gasteiger partial charge in [-0.3, -0.25) is 4.40 Å². The van der Waals surface area contributed by atoms with Gasteiger partial charge in [0.15, 0.2) is 11.5 Å². The number of fused-ring (bicyclic) bond motifs is 3. The fraction of sp³-hybridized carbons (Fsp3) is 0.0909. The van der Waals surface area contributed by atoms with Gasteiger partial charge in [0.1, 0.15) is 5.82 Å². The molecule has 80 valence electrons. The van der Waals surface area contributed by atoms with Gasteiger partial charge in [-0.25, -0.2) is 4.39 Å². The summed E-state index contributed by atoms with van der Waals surface area (Å²) in [5.74, 6) is 0.418. The normalized spacial score (nSPS) is 11.4. The van der Waals surface area contributed by atoms with Gasteiger partial charge in [0.25, 0.3) is 0 Å². The molecule has 2 heterocycles. The van der Waals surface area contributed by atoms with E-state index < -0.39 is 0 Å². The summed E-state index contributed by atoms with van der Waals surface area (Å²) in [6.45, 7) is 0.303. The number of pyridine rings is 1. The Bertz CT molecular complexity index is 674. The molecule has 0 bridgehead atoms. The van der Waals surface area contributed by atoms with E-state index in [2.05, 4.69) is 10.2 Å². The molecule has 0 amide bonds. The molecule has 0 aliphatic rings. The van der Waals surface area contributed by atoms with E-state index in [-0.39, 0.29) is 5.82 Å². The van der Waals surface area contributed by atoms with E-state index in [1.807, 2.05) is 10.5 Å². The maximum absolute atomic E-state index is 13.1. The molecule has 0 spiro atoms. The Morgan fingerprint density at radius 1 is 1.19 bits per heavy atom. The molecule has 0 aliphatic heterocycles. The average molecular weight is 216 g/mol. The quantitative estimate of drug-likeness (QED) is 0.670. The van der Waals surface area contributed by atoms with Crippen LogP contribution >= 0.6 is 0 Å². The molecule has 2 aromatic heterocycles. The average Bonchev–Trinajstić information content (AvgIpc) is 2.71. The third kappa shape index (κ3) is 1.18. The standard InChI is InChI=1S/C11H9FN4/c12-8-2-3-9-7(5-8)1-4-10-14-15-11(6-13)16(9)10/h1-5H,6,13H2. The minimum atomic E-state index is -0.255. The highest BCUT2D eigenvalue weighted by atomic mass is 19.1. The fourth-order valence-electron chi connectivity index (χ4n) is 1.86. The molecular formula is C11H9FN4. The molecule has 3 rings (SSSR count). The van der Waals surface area contributed by atoms with Gasteiger partial charge in [-0.2, -0.15) is 0 Å². The second kappa shape index (κ2) is 3.24. The summed E-state index contributed by atoms with van der Waals surface area (Å²) in [4.78, 5) is 0. The summed E-state index contributed by atoms with van der Waals surface area (Å²) in [6.07, 6.45) is 0. The molecule has 0 saturated heterocycles. The first-order chi connectivity index (χ1) is 7.79. The van der Waals surface area contributed by atoms with Crippen LogP contribution in [0.1, 0.15) is 5.82 Å². The van der Waals surface area contributed by atoms with Gasteiger partial charge in [0, 0.05) is 5.39 Å². The molecule has 0 saturated carbocycles. The van der Waals surface area contributed by atoms with Crippen LogP contribution in [0, 0.1) is 5.82 Å². The molecule has 2 N–H and O–H groups in total. The van der Waals surface area contributed by atoms with Crippen LogP contribution in [-0.2, 0) is 6.54 Å². The van der Waals surface area contributed by atoms with E-state index in [0.717, 1.165) is 16.6 Å². The van der Waals surface area contributed by atoms with Crippen molar-refractivity contribution in [2.24, 2.45) is 5.73 Å². The lowest BCUT2D eigenvalue weighted by Crippen LogP contribution is -2.03. The maximum Gasteiger partial charge on any atom is 0.161 e. The van der Waals surface area contributed by atoms with Gasteiger partial charge in [-0.05, 0) is 30.3 Å². The topological polar surface area (TPSA) is 56.2 Å². The lowest BCUT2D eigenvalue weighted by Gasteiger charge is -2.03. The fourth-order valence-corrected chi connectivity index (χ4v) is 1.86. The zero-order valence-electron chi connectivity index (χ0n) is 8.39. The molecule has 0 radical (unpaired) electrons. The van der Waals surface area contributed by atoms with Gasteiger partial charge in [0.05, 0.1) is 12.1 Å². The van der Waals surface area contributed by atoms with Crippen molar-refractivity contribution in [3.05, 3.63) is 42.0 Å². The van der Waals surface area contributed by atoms with Gasteiger partial charge >= 0.3 is 0 Å². The zero-order chi connectivity index (χ0) is 11.1. The summed E-state index contributed by atoms with van der Waals surface area (Å²) in [5.41, 5.74) is 7.17. The predicted octanol–water partition coefficient (Wildman–Crippen LogP) is 1.48. The Kier molecular flexibility index (Phi) is 1.87. The summed E-state index contributed by atoms with van der Waals surface area (Å²) >= 11 is 0. The maximum atomic E-state index is 13.1. The van der Waals surface area contributed by atoms with Crippen LogP contribution in [0.5, 0.6) is 0 Å². The highest BCUT2D eigenvalue weighted by molar-refractivity contribution is 5.82. The highest BCUT2D eigenvalue weighted by Crippen LogP contribution is 2.18. The molecule has 0 aliphatic carbocycles. The minimum absolute atomic E-state index is 0.255. The first-order valence-corrected chi connectivity index (χ1v) is 4.92. The smallest absolute Gasteiger partial charge is 0.161 e. The van der Waals surface area contributed by atoms with Crippen LogP contribution in [0.3, 0.4) is 0 Å². The van der Waals surface area contributed by atoms with E-state index in [0.29, 0.717) is 12.4 Å². The second-order valence-corrected chi connectivity index (χ2v) is 3.55. The van der Waals surface area contributed by atoms with E-state index in [1.54, 1.807) is 12.1 Å². The molecular weight excluding hydrogens is 207 g/mol. The molecule has 4 nitrogen and oxygen atoms in total. The number of halogens is 1. The van der Waals surface area contributed by atoms with Gasteiger partial charge in [-0.15, -0.1) is 10.2 Å². The first kappa shape index (κ1) is 9.23. The van der Waals surface area contributed by atoms with Crippen molar-refractivity contribution >= 4 is 16.6 Å². The zero-order valence-corrected chi connectivity index (χ0v) is 8.39. The molecule has 1 aromatic carbocycles. The Balaban J connectivity index is 2.51. The Morgan fingerprint density at radius 2 is 2.06 bits per heavy atom. The van der Waals surface area contributed by atoms with E-state index in [1.165, 1.54) is 12.1 Å². The summed E-state index contributed by atoms with van der Waals surface area (Å²) in [5, 5.41) is 8.79. The van der Waals surface area contributed by atoms with Crippen molar-refractivity contribution in [3.8, 4) is 0 Å².